The van der Waals surface area contributed by atoms with Crippen LogP contribution in [0.4, 0.5) is 0 Å². The first-order valence-electron chi connectivity index (χ1n) is 7.62. The molecule has 0 aliphatic rings. The maximum atomic E-state index is 5.89. The molecular weight excluding hydrogens is 280 g/mol. The summed E-state index contributed by atoms with van der Waals surface area (Å²) in [6.45, 7) is 5.15. The summed E-state index contributed by atoms with van der Waals surface area (Å²) in [6, 6.07) is 17.2. The number of hydrogen-bond acceptors (Lipinski definition) is 1. The van der Waals surface area contributed by atoms with Crippen LogP contribution >= 0.6 is 12.4 Å². The van der Waals surface area contributed by atoms with E-state index in [4.69, 9.17) is 4.74 Å². The number of ether oxygens (including phenoxy) is 1. The Morgan fingerprint density at radius 2 is 1.62 bits per heavy atom. The quantitative estimate of drug-likeness (QED) is 0.662. The molecule has 0 aliphatic carbocycles. The Labute approximate surface area is 134 Å². The zero-order valence-corrected chi connectivity index (χ0v) is 13.8. The molecule has 0 saturated carbocycles. The van der Waals surface area contributed by atoms with E-state index in [-0.39, 0.29) is 12.4 Å². The van der Waals surface area contributed by atoms with Crippen molar-refractivity contribution in [3.8, 4) is 5.75 Å². The zero-order valence-electron chi connectivity index (χ0n) is 13.0. The summed E-state index contributed by atoms with van der Waals surface area (Å²) in [5.41, 5.74) is 4.04. The number of aryl methyl sites for hydroxylation is 1. The molecule has 0 bridgehead atoms. The summed E-state index contributed by atoms with van der Waals surface area (Å²) >= 11 is 0. The number of benzene rings is 2. The van der Waals surface area contributed by atoms with Crippen molar-refractivity contribution in [1.82, 2.24) is 0 Å². The maximum absolute atomic E-state index is 5.89. The third-order valence-electron chi connectivity index (χ3n) is 3.36. The van der Waals surface area contributed by atoms with E-state index in [1.165, 1.54) is 23.1 Å². The molecule has 21 heavy (non-hydrogen) atoms. The highest BCUT2D eigenvalue weighted by molar-refractivity contribution is 5.85. The van der Waals surface area contributed by atoms with Crippen molar-refractivity contribution < 1.29 is 4.74 Å². The van der Waals surface area contributed by atoms with Gasteiger partial charge in [-0.25, -0.2) is 0 Å². The molecule has 114 valence electrons. The average Bonchev–Trinajstić information content (AvgIpc) is 2.48. The Morgan fingerprint density at radius 3 is 2.29 bits per heavy atom. The first kappa shape index (κ1) is 17.6. The van der Waals surface area contributed by atoms with Gasteiger partial charge in [0.15, 0.2) is 0 Å². The van der Waals surface area contributed by atoms with E-state index in [0.717, 1.165) is 31.6 Å². The molecule has 2 aromatic rings. The van der Waals surface area contributed by atoms with Gasteiger partial charge in [0.05, 0.1) is 6.61 Å². The van der Waals surface area contributed by atoms with Gasteiger partial charge in [0.25, 0.3) is 0 Å². The second-order valence-corrected chi connectivity index (χ2v) is 5.20. The van der Waals surface area contributed by atoms with E-state index in [2.05, 4.69) is 62.4 Å². The molecule has 0 radical (unpaired) electrons. The Hall–Kier alpha value is -1.47. The third kappa shape index (κ3) is 5.43. The Kier molecular flexibility index (Phi) is 7.92. The smallest absolute Gasteiger partial charge is 0.122 e. The van der Waals surface area contributed by atoms with Crippen molar-refractivity contribution in [1.29, 1.82) is 0 Å². The van der Waals surface area contributed by atoms with Gasteiger partial charge in [0, 0.05) is 6.42 Å². The minimum Gasteiger partial charge on any atom is -0.493 e. The van der Waals surface area contributed by atoms with Crippen molar-refractivity contribution in [2.75, 3.05) is 6.61 Å². The number of halogens is 1. The van der Waals surface area contributed by atoms with Gasteiger partial charge in [0.2, 0.25) is 0 Å². The molecular formula is C19H25ClO. The highest BCUT2D eigenvalue weighted by Gasteiger charge is 2.06. The van der Waals surface area contributed by atoms with Crippen molar-refractivity contribution in [3.63, 3.8) is 0 Å². The van der Waals surface area contributed by atoms with Crippen molar-refractivity contribution in [3.05, 3.63) is 65.2 Å². The van der Waals surface area contributed by atoms with E-state index in [9.17, 15) is 0 Å². The molecule has 0 aromatic heterocycles. The molecule has 0 amide bonds. The van der Waals surface area contributed by atoms with E-state index in [1.807, 2.05) is 0 Å². The van der Waals surface area contributed by atoms with Crippen molar-refractivity contribution >= 4 is 12.4 Å². The number of rotatable bonds is 7. The minimum atomic E-state index is 0. The molecule has 2 heteroatoms. The lowest BCUT2D eigenvalue weighted by Gasteiger charge is -2.13. The normalized spacial score (nSPS) is 10.0. The fraction of sp³-hybridized carbons (Fsp3) is 0.368. The van der Waals surface area contributed by atoms with Crippen LogP contribution in [0.25, 0.3) is 0 Å². The topological polar surface area (TPSA) is 9.23 Å². The highest BCUT2D eigenvalue weighted by Crippen LogP contribution is 2.24. The second-order valence-electron chi connectivity index (χ2n) is 5.20. The van der Waals surface area contributed by atoms with Crippen molar-refractivity contribution in [2.24, 2.45) is 0 Å². The monoisotopic (exact) mass is 304 g/mol. The average molecular weight is 305 g/mol. The van der Waals surface area contributed by atoms with Crippen LogP contribution in [0.3, 0.4) is 0 Å². The Morgan fingerprint density at radius 1 is 0.857 bits per heavy atom. The van der Waals surface area contributed by atoms with Gasteiger partial charge in [0.1, 0.15) is 5.75 Å². The fourth-order valence-electron chi connectivity index (χ4n) is 2.38. The Balaban J connectivity index is 0.00000220. The van der Waals surface area contributed by atoms with Gasteiger partial charge in [-0.3, -0.25) is 0 Å². The van der Waals surface area contributed by atoms with Crippen LogP contribution in [-0.4, -0.2) is 6.61 Å². The zero-order chi connectivity index (χ0) is 14.2. The van der Waals surface area contributed by atoms with Gasteiger partial charge < -0.3 is 4.74 Å². The summed E-state index contributed by atoms with van der Waals surface area (Å²) in [5.74, 6) is 1.04. The summed E-state index contributed by atoms with van der Waals surface area (Å²) in [5, 5.41) is 0. The van der Waals surface area contributed by atoms with Crippen LogP contribution < -0.4 is 4.74 Å². The maximum Gasteiger partial charge on any atom is 0.122 e. The molecule has 0 atom stereocenters. The van der Waals surface area contributed by atoms with Crippen LogP contribution in [0, 0.1) is 0 Å². The van der Waals surface area contributed by atoms with Crippen LogP contribution in [-0.2, 0) is 12.8 Å². The third-order valence-corrected chi connectivity index (χ3v) is 3.36. The molecule has 0 spiro atoms. The van der Waals surface area contributed by atoms with Crippen LogP contribution in [0.2, 0.25) is 0 Å². The molecule has 0 fully saturated rings. The number of hydrogen-bond donors (Lipinski definition) is 0. The fourth-order valence-corrected chi connectivity index (χ4v) is 2.38. The summed E-state index contributed by atoms with van der Waals surface area (Å²) in [7, 11) is 0. The van der Waals surface area contributed by atoms with Crippen LogP contribution in [0.15, 0.2) is 48.5 Å². The molecule has 0 saturated heterocycles. The first-order chi connectivity index (χ1) is 9.83. The van der Waals surface area contributed by atoms with Crippen LogP contribution in [0.1, 0.15) is 43.4 Å². The lowest BCUT2D eigenvalue weighted by Crippen LogP contribution is -2.01. The van der Waals surface area contributed by atoms with Gasteiger partial charge in [-0.05, 0) is 35.6 Å². The minimum absolute atomic E-state index is 0. The van der Waals surface area contributed by atoms with Crippen molar-refractivity contribution in [2.45, 2.75) is 39.5 Å². The van der Waals surface area contributed by atoms with E-state index >= 15 is 0 Å². The van der Waals surface area contributed by atoms with Gasteiger partial charge >= 0.3 is 0 Å². The van der Waals surface area contributed by atoms with Gasteiger partial charge in [-0.1, -0.05) is 62.7 Å². The van der Waals surface area contributed by atoms with Crippen LogP contribution in [0.5, 0.6) is 5.75 Å². The van der Waals surface area contributed by atoms with Gasteiger partial charge in [-0.15, -0.1) is 12.4 Å². The van der Waals surface area contributed by atoms with Gasteiger partial charge in [-0.2, -0.15) is 0 Å². The highest BCUT2D eigenvalue weighted by atomic mass is 35.5. The summed E-state index contributed by atoms with van der Waals surface area (Å²) < 4.78 is 5.89. The molecule has 0 unspecified atom stereocenters. The van der Waals surface area contributed by atoms with E-state index < -0.39 is 0 Å². The molecule has 0 heterocycles. The standard InChI is InChI=1S/C19H24O.ClH/c1-3-8-16-11-12-19(20-13-4-2)18(14-16)15-17-9-6-5-7-10-17;/h5-7,9-12,14H,3-4,8,13,15H2,1-2H3;1H. The van der Waals surface area contributed by atoms with E-state index in [1.54, 1.807) is 0 Å². The molecule has 1 nitrogen and oxygen atoms in total. The lowest BCUT2D eigenvalue weighted by atomic mass is 10.00. The Bertz CT molecular complexity index is 522. The molecule has 2 aromatic carbocycles. The summed E-state index contributed by atoms with van der Waals surface area (Å²) in [6.07, 6.45) is 4.30. The lowest BCUT2D eigenvalue weighted by molar-refractivity contribution is 0.314. The predicted molar refractivity (Wildman–Crippen MR) is 92.7 cm³/mol. The SMILES string of the molecule is CCCOc1ccc(CCC)cc1Cc1ccccc1.Cl. The second kappa shape index (κ2) is 9.46. The largest absolute Gasteiger partial charge is 0.493 e. The molecule has 0 aliphatic heterocycles. The first-order valence-corrected chi connectivity index (χ1v) is 7.62. The molecule has 0 N–H and O–H groups in total. The predicted octanol–water partition coefficient (Wildman–Crippen LogP) is 5.44. The van der Waals surface area contributed by atoms with E-state index in [0.29, 0.717) is 0 Å². The summed E-state index contributed by atoms with van der Waals surface area (Å²) in [4.78, 5) is 0. The molecule has 2 rings (SSSR count).